The smallest absolute Gasteiger partial charge is 0.311 e. The third kappa shape index (κ3) is 3.91. The van der Waals surface area contributed by atoms with Gasteiger partial charge in [-0.05, 0) is 50.3 Å². The zero-order valence-electron chi connectivity index (χ0n) is 20.2. The second-order valence-corrected chi connectivity index (χ2v) is 11.3. The van der Waals surface area contributed by atoms with Gasteiger partial charge in [-0.25, -0.2) is 0 Å². The second kappa shape index (κ2) is 9.47. The van der Waals surface area contributed by atoms with Gasteiger partial charge >= 0.3 is 5.97 Å². The number of carbonyl (C=O) groups excluding carboxylic acids is 3. The molecule has 2 amide bonds. The Labute approximate surface area is 210 Å². The van der Waals surface area contributed by atoms with Crippen LogP contribution in [0.4, 0.5) is 5.69 Å². The van der Waals surface area contributed by atoms with Crippen LogP contribution in [0.2, 0.25) is 0 Å². The molecule has 1 unspecified atom stereocenters. The van der Waals surface area contributed by atoms with Crippen molar-refractivity contribution in [3.63, 3.8) is 0 Å². The number of allylic oxidation sites excluding steroid dienone is 1. The van der Waals surface area contributed by atoms with E-state index >= 15 is 0 Å². The molecule has 4 aliphatic rings. The number of aryl methyl sites for hydroxylation is 2. The third-order valence-corrected chi connectivity index (χ3v) is 9.31. The molecule has 2 fully saturated rings. The number of thioether (sulfide) groups is 1. The number of cyclic esters (lactones) is 1. The number of rotatable bonds is 4. The summed E-state index contributed by atoms with van der Waals surface area (Å²) in [5, 5.41) is 9.29. The number of hydrogen-bond acceptors (Lipinski definition) is 6. The number of ether oxygens (including phenoxy) is 1. The lowest BCUT2D eigenvalue weighted by Crippen LogP contribution is -2.53. The summed E-state index contributed by atoms with van der Waals surface area (Å²) in [7, 11) is 0. The quantitative estimate of drug-likeness (QED) is 0.510. The largest absolute Gasteiger partial charge is 0.465 e. The summed E-state index contributed by atoms with van der Waals surface area (Å²) in [6.45, 7) is 4.89. The number of amides is 2. The third-order valence-electron chi connectivity index (χ3n) is 7.56. The molecule has 5 atom stereocenters. The van der Waals surface area contributed by atoms with Crippen LogP contribution in [0.1, 0.15) is 30.4 Å². The fourth-order valence-corrected chi connectivity index (χ4v) is 7.96. The average Bonchev–Trinajstić information content (AvgIpc) is 3.24. The molecular weight excluding hydrogens is 464 g/mol. The molecule has 0 bridgehead atoms. The Morgan fingerprint density at radius 2 is 2.00 bits per heavy atom. The van der Waals surface area contributed by atoms with E-state index in [-0.39, 0.29) is 36.2 Å². The van der Waals surface area contributed by atoms with Gasteiger partial charge in [0.25, 0.3) is 5.91 Å². The van der Waals surface area contributed by atoms with E-state index in [0.29, 0.717) is 19.6 Å². The fourth-order valence-electron chi connectivity index (χ4n) is 5.96. The SMILES string of the molecule is Cc1ccc(C)c(N2CC=C[C@]34S[C@@H]5/C=C\CCCOC(=O)[C@@H]5[C@H]3C(=O)N(CCCO)C4C2=O)c1. The van der Waals surface area contributed by atoms with Crippen LogP contribution in [-0.4, -0.2) is 70.1 Å². The van der Waals surface area contributed by atoms with E-state index in [9.17, 15) is 19.5 Å². The van der Waals surface area contributed by atoms with Crippen LogP contribution in [-0.2, 0) is 19.1 Å². The molecule has 35 heavy (non-hydrogen) atoms. The Hall–Kier alpha value is -2.58. The first-order valence-electron chi connectivity index (χ1n) is 12.4. The number of hydrogen-bond donors (Lipinski definition) is 1. The maximum Gasteiger partial charge on any atom is 0.311 e. The first-order chi connectivity index (χ1) is 16.9. The van der Waals surface area contributed by atoms with Gasteiger partial charge in [-0.15, -0.1) is 11.8 Å². The average molecular weight is 497 g/mol. The molecule has 1 aromatic carbocycles. The molecule has 0 aliphatic carbocycles. The zero-order valence-corrected chi connectivity index (χ0v) is 21.0. The second-order valence-electron chi connectivity index (χ2n) is 9.83. The van der Waals surface area contributed by atoms with E-state index in [4.69, 9.17) is 4.74 Å². The standard InChI is InChI=1S/C27H32N2O5S/c1-17-9-10-18(2)19(16-17)28-12-6-11-27-22(24(31)29(13-7-14-30)23(27)25(28)32)21-20(35-27)8-4-3-5-15-34-26(21)33/h4,6,8-11,16,20-23,30H,3,5,7,12-15H2,1-2H3/b8-4-/t20-,21+,22+,23?,27+/m1/s1. The highest BCUT2D eigenvalue weighted by Crippen LogP contribution is 2.60. The summed E-state index contributed by atoms with van der Waals surface area (Å²) >= 11 is 1.55. The molecule has 4 heterocycles. The van der Waals surface area contributed by atoms with Crippen LogP contribution < -0.4 is 4.90 Å². The highest BCUT2D eigenvalue weighted by Gasteiger charge is 2.70. The molecule has 0 saturated carbocycles. The molecule has 4 aliphatic heterocycles. The first kappa shape index (κ1) is 24.1. The fraction of sp³-hybridized carbons (Fsp3) is 0.519. The summed E-state index contributed by atoms with van der Waals surface area (Å²) in [5.74, 6) is -2.03. The summed E-state index contributed by atoms with van der Waals surface area (Å²) in [5.41, 5.74) is 2.87. The van der Waals surface area contributed by atoms with Gasteiger partial charge < -0.3 is 19.6 Å². The maximum absolute atomic E-state index is 14.3. The van der Waals surface area contributed by atoms with Crippen molar-refractivity contribution >= 4 is 35.2 Å². The number of aliphatic hydroxyl groups is 1. The number of benzene rings is 1. The van der Waals surface area contributed by atoms with Crippen molar-refractivity contribution in [2.75, 3.05) is 31.2 Å². The van der Waals surface area contributed by atoms with Gasteiger partial charge in [-0.3, -0.25) is 14.4 Å². The number of nitrogens with zero attached hydrogens (tertiary/aromatic N) is 2. The van der Waals surface area contributed by atoms with E-state index in [2.05, 4.69) is 6.08 Å². The van der Waals surface area contributed by atoms with Crippen LogP contribution in [0.3, 0.4) is 0 Å². The predicted molar refractivity (Wildman–Crippen MR) is 135 cm³/mol. The van der Waals surface area contributed by atoms with Gasteiger partial charge in [0.1, 0.15) is 6.04 Å². The minimum atomic E-state index is -0.867. The van der Waals surface area contributed by atoms with Crippen molar-refractivity contribution in [3.8, 4) is 0 Å². The highest BCUT2D eigenvalue weighted by molar-refractivity contribution is 8.02. The number of esters is 1. The van der Waals surface area contributed by atoms with E-state index in [1.807, 2.05) is 50.3 Å². The molecule has 7 nitrogen and oxygen atoms in total. The monoisotopic (exact) mass is 496 g/mol. The van der Waals surface area contributed by atoms with Crippen molar-refractivity contribution < 1.29 is 24.2 Å². The van der Waals surface area contributed by atoms with Crippen LogP contribution >= 0.6 is 11.8 Å². The van der Waals surface area contributed by atoms with Crippen molar-refractivity contribution in [1.29, 1.82) is 0 Å². The van der Waals surface area contributed by atoms with Gasteiger partial charge in [0.2, 0.25) is 5.91 Å². The number of carbonyl (C=O) groups is 3. The normalized spacial score (nSPS) is 33.3. The molecule has 1 spiro atoms. The van der Waals surface area contributed by atoms with Gasteiger partial charge in [0, 0.05) is 30.6 Å². The predicted octanol–water partition coefficient (Wildman–Crippen LogP) is 2.78. The number of fused-ring (bicyclic) bond motifs is 2. The molecule has 5 rings (SSSR count). The van der Waals surface area contributed by atoms with Gasteiger partial charge in [0.05, 0.1) is 23.2 Å². The molecule has 1 aromatic rings. The van der Waals surface area contributed by atoms with Crippen molar-refractivity contribution in [3.05, 3.63) is 53.6 Å². The van der Waals surface area contributed by atoms with E-state index < -0.39 is 22.6 Å². The molecule has 186 valence electrons. The lowest BCUT2D eigenvalue weighted by atomic mass is 9.78. The Bertz CT molecular complexity index is 1100. The highest BCUT2D eigenvalue weighted by atomic mass is 32.2. The summed E-state index contributed by atoms with van der Waals surface area (Å²) in [6, 6.07) is 5.27. The summed E-state index contributed by atoms with van der Waals surface area (Å²) < 4.78 is 4.71. The molecule has 0 radical (unpaired) electrons. The van der Waals surface area contributed by atoms with E-state index in [1.165, 1.54) is 0 Å². The van der Waals surface area contributed by atoms with Crippen LogP contribution in [0, 0.1) is 25.7 Å². The lowest BCUT2D eigenvalue weighted by molar-refractivity contribution is -0.153. The molecule has 2 saturated heterocycles. The maximum atomic E-state index is 14.3. The minimum Gasteiger partial charge on any atom is -0.465 e. The van der Waals surface area contributed by atoms with Crippen molar-refractivity contribution in [2.24, 2.45) is 11.8 Å². The lowest BCUT2D eigenvalue weighted by Gasteiger charge is -2.35. The van der Waals surface area contributed by atoms with Crippen molar-refractivity contribution in [1.82, 2.24) is 4.90 Å². The topological polar surface area (TPSA) is 87.2 Å². The Balaban J connectivity index is 1.62. The summed E-state index contributed by atoms with van der Waals surface area (Å²) in [6.07, 6.45) is 10.0. The van der Waals surface area contributed by atoms with Crippen molar-refractivity contribution in [2.45, 2.75) is 49.1 Å². The minimum absolute atomic E-state index is 0.0805. The van der Waals surface area contributed by atoms with Crippen LogP contribution in [0.5, 0.6) is 0 Å². The first-order valence-corrected chi connectivity index (χ1v) is 13.3. The van der Waals surface area contributed by atoms with Crippen LogP contribution in [0.15, 0.2) is 42.5 Å². The molecule has 1 N–H and O–H groups in total. The Morgan fingerprint density at radius 1 is 1.17 bits per heavy atom. The number of likely N-dealkylation sites (tertiary alicyclic amines) is 1. The zero-order chi connectivity index (χ0) is 24.7. The van der Waals surface area contributed by atoms with Gasteiger partial charge in [-0.2, -0.15) is 0 Å². The number of anilines is 1. The van der Waals surface area contributed by atoms with E-state index in [1.54, 1.807) is 21.6 Å². The molecular formula is C27H32N2O5S. The Kier molecular flexibility index (Phi) is 6.53. The van der Waals surface area contributed by atoms with E-state index in [0.717, 1.165) is 29.7 Å². The summed E-state index contributed by atoms with van der Waals surface area (Å²) in [4.78, 5) is 44.9. The Morgan fingerprint density at radius 3 is 2.80 bits per heavy atom. The van der Waals surface area contributed by atoms with Gasteiger partial charge in [-0.1, -0.05) is 36.4 Å². The molecule has 8 heteroatoms. The number of aliphatic hydroxyl groups excluding tert-OH is 1. The van der Waals surface area contributed by atoms with Crippen LogP contribution in [0.25, 0.3) is 0 Å². The molecule has 0 aromatic heterocycles. The van der Waals surface area contributed by atoms with Gasteiger partial charge in [0.15, 0.2) is 0 Å².